The molecule has 1 aliphatic carbocycles. The highest BCUT2D eigenvalue weighted by Gasteiger charge is 2.45. The molecule has 3 atom stereocenters. The lowest BCUT2D eigenvalue weighted by Crippen LogP contribution is -2.51. The Morgan fingerprint density at radius 3 is 2.71 bits per heavy atom. The Balaban J connectivity index is 1.93. The van der Waals surface area contributed by atoms with E-state index in [4.69, 9.17) is 23.8 Å². The van der Waals surface area contributed by atoms with Crippen molar-refractivity contribution in [2.75, 3.05) is 6.54 Å². The van der Waals surface area contributed by atoms with E-state index in [0.29, 0.717) is 17.9 Å². The summed E-state index contributed by atoms with van der Waals surface area (Å²) < 4.78 is 0. The van der Waals surface area contributed by atoms with Crippen LogP contribution in [0.1, 0.15) is 57.2 Å². The lowest BCUT2D eigenvalue weighted by molar-refractivity contribution is 0.174. The third-order valence-electron chi connectivity index (χ3n) is 4.66. The molecule has 114 valence electrons. The molecule has 0 radical (unpaired) electrons. The van der Waals surface area contributed by atoms with Gasteiger partial charge in [0.15, 0.2) is 5.11 Å². The van der Waals surface area contributed by atoms with E-state index in [1.165, 1.54) is 11.1 Å². The summed E-state index contributed by atoms with van der Waals surface area (Å²) in [6.07, 6.45) is 1.15. The van der Waals surface area contributed by atoms with Crippen LogP contribution in [0.5, 0.6) is 0 Å². The van der Waals surface area contributed by atoms with Gasteiger partial charge in [-0.25, -0.2) is 0 Å². The van der Waals surface area contributed by atoms with Crippen molar-refractivity contribution in [1.29, 1.82) is 0 Å². The van der Waals surface area contributed by atoms with Crippen molar-refractivity contribution in [1.82, 2.24) is 10.2 Å². The molecule has 2 nitrogen and oxygen atoms in total. The molecule has 0 saturated carbocycles. The summed E-state index contributed by atoms with van der Waals surface area (Å²) in [5, 5.41) is 5.18. The van der Waals surface area contributed by atoms with Crippen LogP contribution >= 0.6 is 23.8 Å². The van der Waals surface area contributed by atoms with E-state index in [9.17, 15) is 0 Å². The maximum absolute atomic E-state index is 6.20. The summed E-state index contributed by atoms with van der Waals surface area (Å²) in [4.78, 5) is 2.38. The fourth-order valence-corrected chi connectivity index (χ4v) is 4.52. The van der Waals surface area contributed by atoms with Crippen molar-refractivity contribution in [2.45, 2.75) is 51.6 Å². The zero-order valence-corrected chi connectivity index (χ0v) is 14.7. The molecule has 1 heterocycles. The van der Waals surface area contributed by atoms with Gasteiger partial charge in [0.2, 0.25) is 0 Å². The van der Waals surface area contributed by atoms with E-state index < -0.39 is 0 Å². The molecule has 0 amide bonds. The molecule has 1 saturated heterocycles. The molecule has 4 heteroatoms. The van der Waals surface area contributed by atoms with Crippen molar-refractivity contribution in [3.05, 3.63) is 34.3 Å². The van der Waals surface area contributed by atoms with E-state index in [1.54, 1.807) is 0 Å². The molecule has 2 bridgehead atoms. The van der Waals surface area contributed by atoms with Gasteiger partial charge >= 0.3 is 0 Å². The third kappa shape index (κ3) is 2.66. The van der Waals surface area contributed by atoms with Gasteiger partial charge in [0, 0.05) is 17.1 Å². The first-order valence-electron chi connectivity index (χ1n) is 7.66. The smallest absolute Gasteiger partial charge is 0.169 e. The van der Waals surface area contributed by atoms with Gasteiger partial charge in [-0.2, -0.15) is 0 Å². The zero-order chi connectivity index (χ0) is 15.4. The summed E-state index contributed by atoms with van der Waals surface area (Å²) in [7, 11) is 0. The average molecular weight is 323 g/mol. The Morgan fingerprint density at radius 1 is 1.33 bits per heavy atom. The molecule has 1 aromatic carbocycles. The Kier molecular flexibility index (Phi) is 3.69. The molecular formula is C17H23ClN2S. The van der Waals surface area contributed by atoms with Crippen molar-refractivity contribution in [3.8, 4) is 0 Å². The van der Waals surface area contributed by atoms with E-state index in [1.807, 2.05) is 6.07 Å². The number of piperidine rings is 1. The predicted octanol–water partition coefficient (Wildman–Crippen LogP) is 4.49. The van der Waals surface area contributed by atoms with Crippen molar-refractivity contribution in [2.24, 2.45) is 5.92 Å². The predicted molar refractivity (Wildman–Crippen MR) is 92.9 cm³/mol. The van der Waals surface area contributed by atoms with Crippen LogP contribution in [-0.2, 0) is 0 Å². The van der Waals surface area contributed by atoms with Crippen molar-refractivity contribution >= 4 is 28.9 Å². The second-order valence-corrected chi connectivity index (χ2v) is 8.17. The Hall–Kier alpha value is -0.800. The zero-order valence-electron chi connectivity index (χ0n) is 13.1. The van der Waals surface area contributed by atoms with Gasteiger partial charge in [0.1, 0.15) is 0 Å². The summed E-state index contributed by atoms with van der Waals surface area (Å²) in [6, 6.07) is 6.74. The number of hydrogen-bond acceptors (Lipinski definition) is 1. The van der Waals surface area contributed by atoms with Crippen LogP contribution in [0, 0.1) is 5.92 Å². The molecule has 0 spiro atoms. The first kappa shape index (κ1) is 15.1. The number of nitrogens with one attached hydrogen (secondary N) is 1. The second kappa shape index (κ2) is 5.13. The molecule has 2 aliphatic rings. The van der Waals surface area contributed by atoms with Gasteiger partial charge in [-0.05, 0) is 74.5 Å². The first-order valence-corrected chi connectivity index (χ1v) is 8.45. The highest BCUT2D eigenvalue weighted by Crippen LogP contribution is 2.53. The van der Waals surface area contributed by atoms with Gasteiger partial charge in [-0.3, -0.25) is 0 Å². The van der Waals surface area contributed by atoms with Gasteiger partial charge in [-0.1, -0.05) is 24.6 Å². The number of rotatable bonds is 0. The molecule has 1 fully saturated rings. The normalized spacial score (nSPS) is 27.5. The summed E-state index contributed by atoms with van der Waals surface area (Å²) in [6.45, 7) is 9.82. The van der Waals surface area contributed by atoms with E-state index in [-0.39, 0.29) is 5.54 Å². The topological polar surface area (TPSA) is 15.3 Å². The summed E-state index contributed by atoms with van der Waals surface area (Å²) >= 11 is 11.9. The highest BCUT2D eigenvalue weighted by molar-refractivity contribution is 7.80. The van der Waals surface area contributed by atoms with E-state index >= 15 is 0 Å². The summed E-state index contributed by atoms with van der Waals surface area (Å²) in [5.74, 6) is 1.21. The maximum atomic E-state index is 6.20. The molecular weight excluding hydrogens is 300 g/mol. The van der Waals surface area contributed by atoms with Crippen molar-refractivity contribution < 1.29 is 0 Å². The minimum atomic E-state index is -0.00139. The first-order chi connectivity index (χ1) is 9.78. The Labute approximate surface area is 137 Å². The largest absolute Gasteiger partial charge is 0.358 e. The molecule has 1 aromatic rings. The number of hydrogen-bond donors (Lipinski definition) is 1. The molecule has 1 aliphatic heterocycles. The van der Waals surface area contributed by atoms with E-state index in [2.05, 4.69) is 50.0 Å². The Morgan fingerprint density at radius 2 is 2.05 bits per heavy atom. The lowest BCUT2D eigenvalue weighted by Gasteiger charge is -2.41. The van der Waals surface area contributed by atoms with Crippen LogP contribution in [0.4, 0.5) is 0 Å². The number of halogens is 1. The molecule has 2 unspecified atom stereocenters. The van der Waals surface area contributed by atoms with Gasteiger partial charge in [-0.15, -0.1) is 0 Å². The SMILES string of the molecule is C[C@H]1C2CCN(C(=S)NC(C)(C)C)C1c1ccc(Cl)cc12. The van der Waals surface area contributed by atoms with E-state index in [0.717, 1.165) is 23.1 Å². The molecule has 1 N–H and O–H groups in total. The van der Waals surface area contributed by atoms with Crippen LogP contribution < -0.4 is 5.32 Å². The van der Waals surface area contributed by atoms with Crippen LogP contribution in [-0.4, -0.2) is 22.1 Å². The van der Waals surface area contributed by atoms with Gasteiger partial charge in [0.25, 0.3) is 0 Å². The number of thiocarbonyl (C=S) groups is 1. The fourth-order valence-electron chi connectivity index (χ4n) is 3.83. The molecule has 0 aromatic heterocycles. The number of fused-ring (bicyclic) bond motifs is 5. The Bertz CT molecular complexity index is 579. The fraction of sp³-hybridized carbons (Fsp3) is 0.588. The van der Waals surface area contributed by atoms with Crippen LogP contribution in [0.15, 0.2) is 18.2 Å². The monoisotopic (exact) mass is 322 g/mol. The molecule has 3 rings (SSSR count). The number of likely N-dealkylation sites (tertiary alicyclic amines) is 1. The maximum Gasteiger partial charge on any atom is 0.169 e. The summed E-state index contributed by atoms with van der Waals surface area (Å²) in [5.41, 5.74) is 2.84. The standard InChI is InChI=1S/C17H23ClN2S/c1-10-12-7-8-20(16(21)19-17(2,3)4)15(10)13-6-5-11(18)9-14(12)13/h5-6,9-10,12,15H,7-8H2,1-4H3,(H,19,21)/t10-,12?,15?/m0/s1. The third-order valence-corrected chi connectivity index (χ3v) is 5.23. The van der Waals surface area contributed by atoms with Gasteiger partial charge in [0.05, 0.1) is 6.04 Å². The van der Waals surface area contributed by atoms with Crippen LogP contribution in [0.3, 0.4) is 0 Å². The lowest BCUT2D eigenvalue weighted by atomic mass is 9.86. The highest BCUT2D eigenvalue weighted by atomic mass is 35.5. The second-order valence-electron chi connectivity index (χ2n) is 7.35. The average Bonchev–Trinajstić information content (AvgIpc) is 2.54. The van der Waals surface area contributed by atoms with Crippen LogP contribution in [0.2, 0.25) is 5.02 Å². The van der Waals surface area contributed by atoms with Crippen molar-refractivity contribution in [3.63, 3.8) is 0 Å². The van der Waals surface area contributed by atoms with Gasteiger partial charge < -0.3 is 10.2 Å². The number of nitrogens with zero attached hydrogens (tertiary/aromatic N) is 1. The molecule has 21 heavy (non-hydrogen) atoms. The van der Waals surface area contributed by atoms with Crippen LogP contribution in [0.25, 0.3) is 0 Å². The number of benzene rings is 1. The quantitative estimate of drug-likeness (QED) is 0.708. The minimum Gasteiger partial charge on any atom is -0.358 e. The minimum absolute atomic E-state index is 0.00139.